The van der Waals surface area contributed by atoms with Crippen molar-refractivity contribution in [2.24, 2.45) is 11.8 Å². The van der Waals surface area contributed by atoms with Gasteiger partial charge in [-0.3, -0.25) is 9.59 Å². The zero-order chi connectivity index (χ0) is 22.4. The molecule has 1 N–H and O–H groups in total. The Kier molecular flexibility index (Phi) is 7.63. The first-order valence-electron chi connectivity index (χ1n) is 10.5. The maximum absolute atomic E-state index is 12.7. The second-order valence-electron chi connectivity index (χ2n) is 7.99. The molecule has 1 aromatic carbocycles. The van der Waals surface area contributed by atoms with Crippen LogP contribution in [0.5, 0.6) is 11.5 Å². The third kappa shape index (κ3) is 6.04. The Balaban J connectivity index is 1.62. The molecule has 1 heterocycles. The van der Waals surface area contributed by atoms with Crippen molar-refractivity contribution in [2.45, 2.75) is 45.3 Å². The number of pyridine rings is 1. The minimum atomic E-state index is -0.706. The number of benzene rings is 1. The van der Waals surface area contributed by atoms with Gasteiger partial charge < -0.3 is 19.3 Å². The van der Waals surface area contributed by atoms with Crippen molar-refractivity contribution in [2.75, 3.05) is 13.7 Å². The van der Waals surface area contributed by atoms with Crippen LogP contribution in [-0.2, 0) is 14.3 Å². The molecule has 0 spiro atoms. The molecule has 7 nitrogen and oxygen atoms in total. The number of ketones is 1. The van der Waals surface area contributed by atoms with Crippen LogP contribution in [0.3, 0.4) is 0 Å². The second kappa shape index (κ2) is 10.4. The summed E-state index contributed by atoms with van der Waals surface area (Å²) in [5, 5.41) is 10.1. The molecule has 0 bridgehead atoms. The molecule has 1 aliphatic carbocycles. The molecule has 1 fully saturated rings. The average molecular weight is 427 g/mol. The lowest BCUT2D eigenvalue weighted by atomic mass is 10.0. The number of aromatic nitrogens is 1. The van der Waals surface area contributed by atoms with Gasteiger partial charge in [-0.2, -0.15) is 0 Å². The minimum absolute atomic E-state index is 0.123. The smallest absolute Gasteiger partial charge is 0.309 e. The van der Waals surface area contributed by atoms with Crippen LogP contribution in [0.2, 0.25) is 0 Å². The van der Waals surface area contributed by atoms with E-state index in [4.69, 9.17) is 14.2 Å². The number of Topliss-reactive ketones (excluding diaryl/α,β-unsaturated/α-hetero) is 1. The summed E-state index contributed by atoms with van der Waals surface area (Å²) >= 11 is 0. The first-order valence-corrected chi connectivity index (χ1v) is 10.5. The predicted molar refractivity (Wildman–Crippen MR) is 114 cm³/mol. The molecule has 166 valence electrons. The molecule has 1 aromatic heterocycles. The summed E-state index contributed by atoms with van der Waals surface area (Å²) in [7, 11) is 1.39. The number of hydrogen-bond acceptors (Lipinski definition) is 7. The van der Waals surface area contributed by atoms with Gasteiger partial charge in [0.25, 0.3) is 0 Å². The molecule has 2 aromatic rings. The third-order valence-electron chi connectivity index (χ3n) is 5.33. The number of nitrogens with zero attached hydrogens (tertiary/aromatic N) is 1. The van der Waals surface area contributed by atoms with E-state index in [2.05, 4.69) is 4.98 Å². The van der Waals surface area contributed by atoms with Gasteiger partial charge in [-0.15, -0.1) is 0 Å². The van der Waals surface area contributed by atoms with E-state index in [1.807, 2.05) is 30.3 Å². The van der Waals surface area contributed by atoms with Crippen LogP contribution in [0, 0.1) is 11.8 Å². The highest BCUT2D eigenvalue weighted by Gasteiger charge is 2.30. The molecule has 1 aliphatic rings. The van der Waals surface area contributed by atoms with Crippen LogP contribution in [0.15, 0.2) is 42.6 Å². The van der Waals surface area contributed by atoms with Crippen molar-refractivity contribution >= 4 is 11.8 Å². The Morgan fingerprint density at radius 3 is 2.52 bits per heavy atom. The molecule has 3 rings (SSSR count). The largest absolute Gasteiger partial charge is 0.503 e. The van der Waals surface area contributed by atoms with Crippen LogP contribution >= 0.6 is 0 Å². The van der Waals surface area contributed by atoms with Crippen molar-refractivity contribution in [3.63, 3.8) is 0 Å². The average Bonchev–Trinajstić information content (AvgIpc) is 3.59. The van der Waals surface area contributed by atoms with E-state index in [1.165, 1.54) is 32.2 Å². The van der Waals surface area contributed by atoms with Gasteiger partial charge in [0, 0.05) is 18.7 Å². The summed E-state index contributed by atoms with van der Waals surface area (Å²) < 4.78 is 16.8. The van der Waals surface area contributed by atoms with Gasteiger partial charge in [0.15, 0.2) is 23.0 Å². The van der Waals surface area contributed by atoms with E-state index < -0.39 is 23.8 Å². The quantitative estimate of drug-likeness (QED) is 0.426. The van der Waals surface area contributed by atoms with Gasteiger partial charge in [-0.05, 0) is 31.2 Å². The van der Waals surface area contributed by atoms with Gasteiger partial charge in [0.05, 0.1) is 19.6 Å². The first-order chi connectivity index (χ1) is 14.9. The van der Waals surface area contributed by atoms with Crippen molar-refractivity contribution in [3.8, 4) is 11.5 Å². The number of aromatic hydroxyl groups is 1. The number of hydrogen-bond donors (Lipinski definition) is 1. The van der Waals surface area contributed by atoms with Gasteiger partial charge in [-0.1, -0.05) is 37.3 Å². The van der Waals surface area contributed by atoms with Crippen molar-refractivity contribution in [1.29, 1.82) is 0 Å². The number of carbonyl (C=O) groups is 2. The zero-order valence-electron chi connectivity index (χ0n) is 18.1. The summed E-state index contributed by atoms with van der Waals surface area (Å²) in [4.78, 5) is 29.2. The molecule has 1 saturated carbocycles. The minimum Gasteiger partial charge on any atom is -0.503 e. The van der Waals surface area contributed by atoms with E-state index >= 15 is 0 Å². The van der Waals surface area contributed by atoms with Gasteiger partial charge >= 0.3 is 5.97 Å². The standard InChI is InChI=1S/C24H29NO6/c1-15(13-19(26)21-22(27)20(29-3)11-12-25-21)24(28)31-16(2)23(30-14-17-9-10-17)18-7-5-4-6-8-18/h4-8,11-12,15-17,23,27H,9-10,13-14H2,1-3H3/t15-,16+,23+/m1/s1. The lowest BCUT2D eigenvalue weighted by molar-refractivity contribution is -0.161. The van der Waals surface area contributed by atoms with E-state index in [0.29, 0.717) is 12.5 Å². The number of ether oxygens (including phenoxy) is 3. The molecule has 31 heavy (non-hydrogen) atoms. The molecule has 0 aliphatic heterocycles. The fourth-order valence-corrected chi connectivity index (χ4v) is 3.29. The Morgan fingerprint density at radius 2 is 1.87 bits per heavy atom. The van der Waals surface area contributed by atoms with E-state index in [1.54, 1.807) is 13.8 Å². The maximum Gasteiger partial charge on any atom is 0.309 e. The van der Waals surface area contributed by atoms with Crippen LogP contribution < -0.4 is 4.74 Å². The van der Waals surface area contributed by atoms with E-state index in [0.717, 1.165) is 5.56 Å². The summed E-state index contributed by atoms with van der Waals surface area (Å²) in [6.45, 7) is 4.05. The normalized spacial score (nSPS) is 16.2. The molecular weight excluding hydrogens is 398 g/mol. The van der Waals surface area contributed by atoms with Crippen LogP contribution in [0.25, 0.3) is 0 Å². The van der Waals surface area contributed by atoms with Crippen molar-refractivity contribution in [3.05, 3.63) is 53.9 Å². The SMILES string of the molecule is COc1ccnc(C(=O)C[C@@H](C)C(=O)O[C@@H](C)[C@H](OCC2CC2)c2ccccc2)c1O. The molecule has 0 saturated heterocycles. The molecular formula is C24H29NO6. The van der Waals surface area contributed by atoms with Crippen LogP contribution in [-0.4, -0.2) is 41.7 Å². The number of esters is 1. The fourth-order valence-electron chi connectivity index (χ4n) is 3.29. The lowest BCUT2D eigenvalue weighted by Crippen LogP contribution is -2.29. The van der Waals surface area contributed by atoms with E-state index in [-0.39, 0.29) is 29.7 Å². The van der Waals surface area contributed by atoms with Crippen LogP contribution in [0.1, 0.15) is 55.3 Å². The molecule has 0 radical (unpaired) electrons. The first kappa shape index (κ1) is 22.7. The van der Waals surface area contributed by atoms with Gasteiger partial charge in [0.1, 0.15) is 12.2 Å². The number of carbonyl (C=O) groups excluding carboxylic acids is 2. The predicted octanol–water partition coefficient (Wildman–Crippen LogP) is 4.10. The lowest BCUT2D eigenvalue weighted by Gasteiger charge is -2.26. The third-order valence-corrected chi connectivity index (χ3v) is 5.33. The topological polar surface area (TPSA) is 95.0 Å². The zero-order valence-corrected chi connectivity index (χ0v) is 18.1. The van der Waals surface area contributed by atoms with E-state index in [9.17, 15) is 14.7 Å². The monoisotopic (exact) mass is 427 g/mol. The Hall–Kier alpha value is -2.93. The summed E-state index contributed by atoms with van der Waals surface area (Å²) in [6, 6.07) is 11.1. The van der Waals surface area contributed by atoms with Crippen molar-refractivity contribution < 1.29 is 28.9 Å². The molecule has 0 unspecified atom stereocenters. The maximum atomic E-state index is 12.7. The molecule has 3 atom stereocenters. The van der Waals surface area contributed by atoms with Crippen molar-refractivity contribution in [1.82, 2.24) is 4.98 Å². The summed E-state index contributed by atoms with van der Waals surface area (Å²) in [6.07, 6.45) is 2.67. The van der Waals surface area contributed by atoms with Crippen LogP contribution in [0.4, 0.5) is 0 Å². The van der Waals surface area contributed by atoms with Gasteiger partial charge in [-0.25, -0.2) is 4.98 Å². The highest BCUT2D eigenvalue weighted by Crippen LogP contribution is 2.33. The molecule has 0 amide bonds. The fraction of sp³-hybridized carbons (Fsp3) is 0.458. The summed E-state index contributed by atoms with van der Waals surface area (Å²) in [5.74, 6) is -1.27. The molecule has 7 heteroatoms. The van der Waals surface area contributed by atoms with Gasteiger partial charge in [0.2, 0.25) is 0 Å². The Bertz CT molecular complexity index is 896. The summed E-state index contributed by atoms with van der Waals surface area (Å²) in [5.41, 5.74) is 0.819. The Labute approximate surface area is 182 Å². The highest BCUT2D eigenvalue weighted by atomic mass is 16.6. The highest BCUT2D eigenvalue weighted by molar-refractivity contribution is 5.99. The number of methoxy groups -OCH3 is 1. The second-order valence-corrected chi connectivity index (χ2v) is 7.99. The number of rotatable bonds is 11. The Morgan fingerprint density at radius 1 is 1.16 bits per heavy atom.